The first-order valence-electron chi connectivity index (χ1n) is 11.9. The van der Waals surface area contributed by atoms with Crippen LogP contribution >= 0.6 is 0 Å². The van der Waals surface area contributed by atoms with E-state index in [-0.39, 0.29) is 12.2 Å². The van der Waals surface area contributed by atoms with Crippen LogP contribution in [0.2, 0.25) is 0 Å². The summed E-state index contributed by atoms with van der Waals surface area (Å²) in [6.07, 6.45) is 18.7. The van der Waals surface area contributed by atoms with Crippen LogP contribution in [0.1, 0.15) is 97.3 Å². The van der Waals surface area contributed by atoms with Crippen molar-refractivity contribution in [3.05, 3.63) is 0 Å². The lowest BCUT2D eigenvalue weighted by Gasteiger charge is -2.48. The molecule has 3 fully saturated rings. The Morgan fingerprint density at radius 3 is 2.00 bits per heavy atom. The molecule has 0 radical (unpaired) electrons. The first-order chi connectivity index (χ1) is 13.2. The van der Waals surface area contributed by atoms with Crippen molar-refractivity contribution in [2.75, 3.05) is 26.9 Å². The van der Waals surface area contributed by atoms with E-state index in [1.165, 1.54) is 77.0 Å². The van der Waals surface area contributed by atoms with Crippen molar-refractivity contribution in [2.24, 2.45) is 16.7 Å². The molecule has 3 rings (SSSR count). The molecule has 27 heavy (non-hydrogen) atoms. The Hall–Kier alpha value is -0.120. The molecule has 0 amide bonds. The largest absolute Gasteiger partial charge is 0.385 e. The molecule has 0 saturated heterocycles. The fraction of sp³-hybridized carbons (Fsp3) is 1.00. The van der Waals surface area contributed by atoms with Crippen LogP contribution < -0.4 is 0 Å². The van der Waals surface area contributed by atoms with Crippen LogP contribution in [0.5, 0.6) is 0 Å². The SMILES string of the molecule is CCOC(CCOC)C(CC1(C2(C3CCCCC3)CCCC2)CC1)OCC. The van der Waals surface area contributed by atoms with Crippen LogP contribution in [-0.2, 0) is 14.2 Å². The lowest BCUT2D eigenvalue weighted by atomic mass is 9.57. The molecule has 0 aromatic carbocycles. The molecule has 0 bridgehead atoms. The number of hydrogen-bond donors (Lipinski definition) is 0. The maximum atomic E-state index is 6.34. The summed E-state index contributed by atoms with van der Waals surface area (Å²) in [5, 5.41) is 0. The first kappa shape index (κ1) is 21.6. The highest BCUT2D eigenvalue weighted by molar-refractivity contribution is 5.12. The molecule has 0 N–H and O–H groups in total. The average molecular weight is 381 g/mol. The Morgan fingerprint density at radius 2 is 1.44 bits per heavy atom. The van der Waals surface area contributed by atoms with E-state index in [0.29, 0.717) is 10.8 Å². The minimum atomic E-state index is 0.178. The zero-order valence-electron chi connectivity index (χ0n) is 18.3. The molecular weight excluding hydrogens is 336 g/mol. The molecule has 2 atom stereocenters. The van der Waals surface area contributed by atoms with Crippen molar-refractivity contribution in [2.45, 2.75) is 110 Å². The van der Waals surface area contributed by atoms with Gasteiger partial charge in [-0.3, -0.25) is 0 Å². The van der Waals surface area contributed by atoms with E-state index in [2.05, 4.69) is 13.8 Å². The van der Waals surface area contributed by atoms with E-state index < -0.39 is 0 Å². The summed E-state index contributed by atoms with van der Waals surface area (Å²) in [5.41, 5.74) is 1.15. The normalized spacial score (nSPS) is 26.8. The fourth-order valence-corrected chi connectivity index (χ4v) is 6.81. The molecule has 3 saturated carbocycles. The van der Waals surface area contributed by atoms with E-state index in [9.17, 15) is 0 Å². The molecule has 0 spiro atoms. The summed E-state index contributed by atoms with van der Waals surface area (Å²) in [6.45, 7) is 6.55. The van der Waals surface area contributed by atoms with E-state index in [0.717, 1.165) is 32.2 Å². The van der Waals surface area contributed by atoms with Gasteiger partial charge >= 0.3 is 0 Å². The Balaban J connectivity index is 1.76. The Bertz CT molecular complexity index is 419. The second-order valence-corrected chi connectivity index (χ2v) is 9.45. The summed E-state index contributed by atoms with van der Waals surface area (Å²) in [6, 6.07) is 0. The number of rotatable bonds is 12. The maximum absolute atomic E-state index is 6.34. The van der Waals surface area contributed by atoms with Gasteiger partial charge in [-0.05, 0) is 82.0 Å². The maximum Gasteiger partial charge on any atom is 0.0858 e. The second kappa shape index (κ2) is 10.1. The number of methoxy groups -OCH3 is 1. The molecule has 0 aromatic rings. The zero-order chi connectivity index (χ0) is 19.2. The lowest BCUT2D eigenvalue weighted by molar-refractivity contribution is -0.102. The smallest absolute Gasteiger partial charge is 0.0858 e. The predicted molar refractivity (Wildman–Crippen MR) is 111 cm³/mol. The van der Waals surface area contributed by atoms with E-state index in [4.69, 9.17) is 14.2 Å². The van der Waals surface area contributed by atoms with Crippen LogP contribution in [0.15, 0.2) is 0 Å². The first-order valence-corrected chi connectivity index (χ1v) is 11.9. The van der Waals surface area contributed by atoms with Gasteiger partial charge in [-0.2, -0.15) is 0 Å². The van der Waals surface area contributed by atoms with Crippen molar-refractivity contribution in [1.29, 1.82) is 0 Å². The minimum Gasteiger partial charge on any atom is -0.385 e. The van der Waals surface area contributed by atoms with Crippen LogP contribution in [-0.4, -0.2) is 39.1 Å². The summed E-state index contributed by atoms with van der Waals surface area (Å²) >= 11 is 0. The van der Waals surface area contributed by atoms with Gasteiger partial charge in [0.2, 0.25) is 0 Å². The van der Waals surface area contributed by atoms with Crippen molar-refractivity contribution >= 4 is 0 Å². The predicted octanol–water partition coefficient (Wildman–Crippen LogP) is 6.14. The monoisotopic (exact) mass is 380 g/mol. The van der Waals surface area contributed by atoms with Gasteiger partial charge < -0.3 is 14.2 Å². The lowest BCUT2D eigenvalue weighted by Crippen LogP contribution is -2.43. The molecule has 158 valence electrons. The molecule has 3 aliphatic rings. The third kappa shape index (κ3) is 4.73. The standard InChI is InChI=1S/C24H44O3/c1-4-26-21(13-18-25-3)22(27-5-2)19-23(16-17-23)24(14-9-10-15-24)20-11-7-6-8-12-20/h20-22H,4-19H2,1-3H3. The Kier molecular flexibility index (Phi) is 8.05. The van der Waals surface area contributed by atoms with Crippen molar-refractivity contribution in [1.82, 2.24) is 0 Å². The second-order valence-electron chi connectivity index (χ2n) is 9.45. The van der Waals surface area contributed by atoms with Gasteiger partial charge in [0.05, 0.1) is 12.2 Å². The molecule has 0 aromatic heterocycles. The molecule has 0 heterocycles. The van der Waals surface area contributed by atoms with Gasteiger partial charge in [0.15, 0.2) is 0 Å². The van der Waals surface area contributed by atoms with Gasteiger partial charge in [0.25, 0.3) is 0 Å². The summed E-state index contributed by atoms with van der Waals surface area (Å²) in [7, 11) is 1.79. The molecule has 3 aliphatic carbocycles. The molecule has 2 unspecified atom stereocenters. The Morgan fingerprint density at radius 1 is 0.815 bits per heavy atom. The topological polar surface area (TPSA) is 27.7 Å². The van der Waals surface area contributed by atoms with Crippen molar-refractivity contribution in [3.8, 4) is 0 Å². The highest BCUT2D eigenvalue weighted by Crippen LogP contribution is 2.71. The summed E-state index contributed by atoms with van der Waals surface area (Å²) in [4.78, 5) is 0. The van der Waals surface area contributed by atoms with Crippen molar-refractivity contribution < 1.29 is 14.2 Å². The van der Waals surface area contributed by atoms with Crippen molar-refractivity contribution in [3.63, 3.8) is 0 Å². The van der Waals surface area contributed by atoms with Crippen LogP contribution in [0, 0.1) is 16.7 Å². The Labute approximate surface area is 167 Å². The van der Waals surface area contributed by atoms with E-state index in [1.54, 1.807) is 7.11 Å². The van der Waals surface area contributed by atoms with Crippen LogP contribution in [0.25, 0.3) is 0 Å². The van der Waals surface area contributed by atoms with E-state index in [1.807, 2.05) is 0 Å². The van der Waals surface area contributed by atoms with Gasteiger partial charge in [-0.25, -0.2) is 0 Å². The summed E-state index contributed by atoms with van der Waals surface area (Å²) < 4.78 is 17.9. The van der Waals surface area contributed by atoms with Gasteiger partial charge in [0, 0.05) is 26.9 Å². The van der Waals surface area contributed by atoms with Gasteiger partial charge in [-0.15, -0.1) is 0 Å². The molecular formula is C24H44O3. The summed E-state index contributed by atoms with van der Waals surface area (Å²) in [5.74, 6) is 0.975. The number of hydrogen-bond acceptors (Lipinski definition) is 3. The van der Waals surface area contributed by atoms with Crippen LogP contribution in [0.4, 0.5) is 0 Å². The highest BCUT2D eigenvalue weighted by atomic mass is 16.5. The van der Waals surface area contributed by atoms with E-state index >= 15 is 0 Å². The van der Waals surface area contributed by atoms with Crippen LogP contribution in [0.3, 0.4) is 0 Å². The highest BCUT2D eigenvalue weighted by Gasteiger charge is 2.62. The minimum absolute atomic E-state index is 0.178. The number of ether oxygens (including phenoxy) is 3. The average Bonchev–Trinajstić information content (AvgIpc) is 3.31. The third-order valence-electron chi connectivity index (χ3n) is 8.17. The third-order valence-corrected chi connectivity index (χ3v) is 8.17. The zero-order valence-corrected chi connectivity index (χ0v) is 18.3. The molecule has 3 nitrogen and oxygen atoms in total. The molecule has 0 aliphatic heterocycles. The quantitative estimate of drug-likeness (QED) is 0.407. The fourth-order valence-electron chi connectivity index (χ4n) is 6.81. The van der Waals surface area contributed by atoms with Gasteiger partial charge in [-0.1, -0.05) is 32.1 Å². The molecule has 3 heteroatoms. The van der Waals surface area contributed by atoms with Gasteiger partial charge in [0.1, 0.15) is 0 Å².